The topological polar surface area (TPSA) is 83.8 Å². The van der Waals surface area contributed by atoms with Gasteiger partial charge in [-0.2, -0.15) is 5.10 Å². The molecule has 98 valence electrons. The third-order valence-corrected chi connectivity index (χ3v) is 2.83. The van der Waals surface area contributed by atoms with Crippen LogP contribution in [0.15, 0.2) is 30.3 Å². The van der Waals surface area contributed by atoms with Gasteiger partial charge in [0.25, 0.3) is 0 Å². The lowest BCUT2D eigenvalue weighted by molar-refractivity contribution is -0.111. The van der Waals surface area contributed by atoms with Crippen molar-refractivity contribution in [2.75, 3.05) is 11.1 Å². The van der Waals surface area contributed by atoms with Crippen molar-refractivity contribution in [1.29, 1.82) is 0 Å². The van der Waals surface area contributed by atoms with E-state index in [0.29, 0.717) is 11.5 Å². The standard InChI is InChI=1S/C14H16N4O/c1-9-10(2)17-18-14(9)16-13(19)7-6-11-4-3-5-12(15)8-11/h3-8H,15H2,1-2H3,(H2,16,17,18,19)/b7-6+. The summed E-state index contributed by atoms with van der Waals surface area (Å²) in [5, 5.41) is 9.55. The van der Waals surface area contributed by atoms with Crippen molar-refractivity contribution in [3.05, 3.63) is 47.2 Å². The van der Waals surface area contributed by atoms with Crippen LogP contribution in [0.2, 0.25) is 0 Å². The van der Waals surface area contributed by atoms with Crippen LogP contribution in [0.4, 0.5) is 11.5 Å². The predicted octanol–water partition coefficient (Wildman–Crippen LogP) is 2.26. The second kappa shape index (κ2) is 5.39. The third-order valence-electron chi connectivity index (χ3n) is 2.83. The summed E-state index contributed by atoms with van der Waals surface area (Å²) in [6.45, 7) is 3.80. The normalized spacial score (nSPS) is 10.8. The van der Waals surface area contributed by atoms with Gasteiger partial charge in [-0.3, -0.25) is 9.89 Å². The third kappa shape index (κ3) is 3.22. The molecule has 5 nitrogen and oxygen atoms in total. The van der Waals surface area contributed by atoms with Gasteiger partial charge in [0.15, 0.2) is 5.82 Å². The zero-order chi connectivity index (χ0) is 13.8. The van der Waals surface area contributed by atoms with Crippen molar-refractivity contribution in [2.24, 2.45) is 0 Å². The van der Waals surface area contributed by atoms with Gasteiger partial charge >= 0.3 is 0 Å². The van der Waals surface area contributed by atoms with E-state index in [9.17, 15) is 4.79 Å². The summed E-state index contributed by atoms with van der Waals surface area (Å²) in [5.41, 5.74) is 9.09. The second-order valence-electron chi connectivity index (χ2n) is 4.31. The molecule has 1 aromatic carbocycles. The summed E-state index contributed by atoms with van der Waals surface area (Å²) in [4.78, 5) is 11.7. The Balaban J connectivity index is 2.04. The molecule has 19 heavy (non-hydrogen) atoms. The molecule has 0 saturated carbocycles. The Labute approximate surface area is 111 Å². The minimum Gasteiger partial charge on any atom is -0.399 e. The molecule has 0 bridgehead atoms. The summed E-state index contributed by atoms with van der Waals surface area (Å²) < 4.78 is 0. The van der Waals surface area contributed by atoms with Crippen molar-refractivity contribution < 1.29 is 4.79 Å². The lowest BCUT2D eigenvalue weighted by Gasteiger charge is -1.99. The molecule has 0 fully saturated rings. The molecule has 0 atom stereocenters. The van der Waals surface area contributed by atoms with Crippen molar-refractivity contribution in [2.45, 2.75) is 13.8 Å². The highest BCUT2D eigenvalue weighted by atomic mass is 16.1. The molecule has 5 heteroatoms. The highest BCUT2D eigenvalue weighted by molar-refractivity contribution is 6.01. The van der Waals surface area contributed by atoms with Crippen molar-refractivity contribution >= 4 is 23.5 Å². The van der Waals surface area contributed by atoms with Gasteiger partial charge in [0.1, 0.15) is 0 Å². The molecule has 1 aromatic heterocycles. The Hall–Kier alpha value is -2.56. The lowest BCUT2D eigenvalue weighted by atomic mass is 10.2. The maximum absolute atomic E-state index is 11.7. The SMILES string of the molecule is Cc1[nH]nc(NC(=O)/C=C/c2cccc(N)c2)c1C. The van der Waals surface area contributed by atoms with Gasteiger partial charge in [-0.05, 0) is 37.6 Å². The van der Waals surface area contributed by atoms with E-state index in [-0.39, 0.29) is 5.91 Å². The summed E-state index contributed by atoms with van der Waals surface area (Å²) in [7, 11) is 0. The molecule has 0 unspecified atom stereocenters. The first kappa shape index (κ1) is 12.9. The van der Waals surface area contributed by atoms with Gasteiger partial charge in [0.2, 0.25) is 5.91 Å². The summed E-state index contributed by atoms with van der Waals surface area (Å²) in [5.74, 6) is 0.330. The van der Waals surface area contributed by atoms with Gasteiger partial charge in [0, 0.05) is 23.0 Å². The number of aryl methyl sites for hydroxylation is 1. The number of hydrogen-bond donors (Lipinski definition) is 3. The Kier molecular flexibility index (Phi) is 3.66. The Morgan fingerprint density at radius 1 is 1.42 bits per heavy atom. The number of nitrogens with zero attached hydrogens (tertiary/aromatic N) is 1. The van der Waals surface area contributed by atoms with Crippen LogP contribution >= 0.6 is 0 Å². The van der Waals surface area contributed by atoms with Crippen LogP contribution in [-0.4, -0.2) is 16.1 Å². The molecule has 0 spiro atoms. The minimum absolute atomic E-state index is 0.225. The van der Waals surface area contributed by atoms with Gasteiger partial charge in [-0.15, -0.1) is 0 Å². The Bertz CT molecular complexity index is 628. The first-order valence-corrected chi connectivity index (χ1v) is 5.92. The van der Waals surface area contributed by atoms with Gasteiger partial charge in [-0.1, -0.05) is 12.1 Å². The fourth-order valence-electron chi connectivity index (χ4n) is 1.60. The second-order valence-corrected chi connectivity index (χ2v) is 4.31. The molecule has 0 aliphatic heterocycles. The fourth-order valence-corrected chi connectivity index (χ4v) is 1.60. The molecule has 4 N–H and O–H groups in total. The first-order chi connectivity index (χ1) is 9.06. The molecule has 0 saturated heterocycles. The molecule has 2 rings (SSSR count). The minimum atomic E-state index is -0.225. The highest BCUT2D eigenvalue weighted by Crippen LogP contribution is 2.14. The van der Waals surface area contributed by atoms with E-state index in [1.165, 1.54) is 6.08 Å². The van der Waals surface area contributed by atoms with E-state index < -0.39 is 0 Å². The fraction of sp³-hybridized carbons (Fsp3) is 0.143. The van der Waals surface area contributed by atoms with E-state index >= 15 is 0 Å². The zero-order valence-corrected chi connectivity index (χ0v) is 10.9. The molecule has 0 aliphatic rings. The van der Waals surface area contributed by atoms with Crippen LogP contribution in [0, 0.1) is 13.8 Å². The van der Waals surface area contributed by atoms with Crippen LogP contribution < -0.4 is 11.1 Å². The number of H-pyrrole nitrogens is 1. The van der Waals surface area contributed by atoms with Crippen LogP contribution in [0.25, 0.3) is 6.08 Å². The number of nitrogens with two attached hydrogens (primary N) is 1. The number of nitrogen functional groups attached to an aromatic ring is 1. The maximum atomic E-state index is 11.7. The van der Waals surface area contributed by atoms with E-state index in [1.807, 2.05) is 26.0 Å². The average molecular weight is 256 g/mol. The van der Waals surface area contributed by atoms with E-state index in [2.05, 4.69) is 15.5 Å². The Morgan fingerprint density at radius 2 is 2.21 bits per heavy atom. The van der Waals surface area contributed by atoms with Gasteiger partial charge in [0.05, 0.1) is 0 Å². The van der Waals surface area contributed by atoms with Crippen molar-refractivity contribution in [3.8, 4) is 0 Å². The number of anilines is 2. The number of benzene rings is 1. The largest absolute Gasteiger partial charge is 0.399 e. The number of amides is 1. The van der Waals surface area contributed by atoms with E-state index in [4.69, 9.17) is 5.73 Å². The number of carbonyl (C=O) groups is 1. The number of hydrogen-bond acceptors (Lipinski definition) is 3. The van der Waals surface area contributed by atoms with E-state index in [0.717, 1.165) is 16.8 Å². The van der Waals surface area contributed by atoms with E-state index in [1.54, 1.807) is 18.2 Å². The molecule has 1 amide bonds. The summed E-state index contributed by atoms with van der Waals surface area (Å²) >= 11 is 0. The monoisotopic (exact) mass is 256 g/mol. The lowest BCUT2D eigenvalue weighted by Crippen LogP contribution is -2.09. The number of carbonyl (C=O) groups excluding carboxylic acids is 1. The highest BCUT2D eigenvalue weighted by Gasteiger charge is 2.06. The number of rotatable bonds is 3. The average Bonchev–Trinajstić information content (AvgIpc) is 2.69. The quantitative estimate of drug-likeness (QED) is 0.581. The molecular weight excluding hydrogens is 240 g/mol. The molecule has 0 radical (unpaired) electrons. The summed E-state index contributed by atoms with van der Waals surface area (Å²) in [6.07, 6.45) is 3.17. The molecule has 1 heterocycles. The van der Waals surface area contributed by atoms with Crippen LogP contribution in [0.3, 0.4) is 0 Å². The Morgan fingerprint density at radius 3 is 2.84 bits per heavy atom. The van der Waals surface area contributed by atoms with Crippen LogP contribution in [0.1, 0.15) is 16.8 Å². The summed E-state index contributed by atoms with van der Waals surface area (Å²) in [6, 6.07) is 7.32. The van der Waals surface area contributed by atoms with Gasteiger partial charge < -0.3 is 11.1 Å². The number of aromatic nitrogens is 2. The molecular formula is C14H16N4O. The molecule has 2 aromatic rings. The van der Waals surface area contributed by atoms with Crippen molar-refractivity contribution in [1.82, 2.24) is 10.2 Å². The van der Waals surface area contributed by atoms with Gasteiger partial charge in [-0.25, -0.2) is 0 Å². The van der Waals surface area contributed by atoms with Crippen molar-refractivity contribution in [3.63, 3.8) is 0 Å². The number of nitrogens with one attached hydrogen (secondary N) is 2. The first-order valence-electron chi connectivity index (χ1n) is 5.92. The predicted molar refractivity (Wildman–Crippen MR) is 76.6 cm³/mol. The zero-order valence-electron chi connectivity index (χ0n) is 10.9. The van der Waals surface area contributed by atoms with Crippen LogP contribution in [0.5, 0.6) is 0 Å². The number of aromatic amines is 1. The smallest absolute Gasteiger partial charge is 0.249 e. The molecule has 0 aliphatic carbocycles. The van der Waals surface area contributed by atoms with Crippen LogP contribution in [-0.2, 0) is 4.79 Å². The maximum Gasteiger partial charge on any atom is 0.249 e.